The fourth-order valence-corrected chi connectivity index (χ4v) is 1.61. The zero-order valence-electron chi connectivity index (χ0n) is 10.2. The van der Waals surface area contributed by atoms with Crippen LogP contribution in [0.15, 0.2) is 28.8 Å². The van der Waals surface area contributed by atoms with Crippen LogP contribution in [0.5, 0.6) is 5.75 Å². The molecule has 2 rings (SSSR count). The van der Waals surface area contributed by atoms with Gasteiger partial charge in [-0.3, -0.25) is 0 Å². The molecule has 1 heterocycles. The van der Waals surface area contributed by atoms with Gasteiger partial charge in [0.25, 0.3) is 5.89 Å². The Bertz CT molecular complexity index is 517. The van der Waals surface area contributed by atoms with Gasteiger partial charge < -0.3 is 15.0 Å². The standard InChI is InChI=1S/C12H14IN3O2/c1-12(2,14)11-15-10(18-16-11)7-17-9-5-3-8(13)4-6-9/h3-6H,7,14H2,1-2H3. The molecule has 96 valence electrons. The molecule has 1 aromatic heterocycles. The molecule has 0 aliphatic heterocycles. The summed E-state index contributed by atoms with van der Waals surface area (Å²) in [6.07, 6.45) is 0. The van der Waals surface area contributed by atoms with E-state index in [2.05, 4.69) is 32.7 Å². The number of nitrogens with two attached hydrogens (primary N) is 1. The Morgan fingerprint density at radius 2 is 2.00 bits per heavy atom. The lowest BCUT2D eigenvalue weighted by Gasteiger charge is -2.11. The topological polar surface area (TPSA) is 74.2 Å². The maximum Gasteiger partial charge on any atom is 0.264 e. The van der Waals surface area contributed by atoms with Crippen molar-refractivity contribution < 1.29 is 9.26 Å². The normalized spacial score (nSPS) is 11.6. The van der Waals surface area contributed by atoms with Gasteiger partial charge in [0.2, 0.25) is 0 Å². The molecule has 2 N–H and O–H groups in total. The average molecular weight is 359 g/mol. The van der Waals surface area contributed by atoms with Gasteiger partial charge in [0.1, 0.15) is 5.75 Å². The highest BCUT2D eigenvalue weighted by atomic mass is 127. The molecule has 0 fully saturated rings. The number of halogens is 1. The molecular formula is C12H14IN3O2. The van der Waals surface area contributed by atoms with Crippen LogP contribution in [0.4, 0.5) is 0 Å². The Kier molecular flexibility index (Phi) is 3.86. The van der Waals surface area contributed by atoms with Crippen LogP contribution in [-0.2, 0) is 12.1 Å². The van der Waals surface area contributed by atoms with Crippen LogP contribution in [0.25, 0.3) is 0 Å². The molecule has 0 saturated carbocycles. The number of benzene rings is 1. The Morgan fingerprint density at radius 1 is 1.33 bits per heavy atom. The highest BCUT2D eigenvalue weighted by molar-refractivity contribution is 14.1. The monoisotopic (exact) mass is 359 g/mol. The number of hydrogen-bond acceptors (Lipinski definition) is 5. The predicted octanol–water partition coefficient (Wildman–Crippen LogP) is 2.45. The zero-order chi connectivity index (χ0) is 13.2. The van der Waals surface area contributed by atoms with Crippen LogP contribution >= 0.6 is 22.6 Å². The second-order valence-corrected chi connectivity index (χ2v) is 5.72. The Hall–Kier alpha value is -1.15. The fraction of sp³-hybridized carbons (Fsp3) is 0.333. The van der Waals surface area contributed by atoms with Crippen molar-refractivity contribution >= 4 is 22.6 Å². The van der Waals surface area contributed by atoms with E-state index in [-0.39, 0.29) is 6.61 Å². The molecule has 0 aliphatic carbocycles. The van der Waals surface area contributed by atoms with Crippen LogP contribution in [0.2, 0.25) is 0 Å². The summed E-state index contributed by atoms with van der Waals surface area (Å²) in [4.78, 5) is 4.18. The van der Waals surface area contributed by atoms with Gasteiger partial charge in [-0.05, 0) is 60.7 Å². The SMILES string of the molecule is CC(C)(N)c1noc(COc2ccc(I)cc2)n1. The smallest absolute Gasteiger partial charge is 0.264 e. The number of nitrogens with zero attached hydrogens (tertiary/aromatic N) is 2. The molecule has 0 spiro atoms. The highest BCUT2D eigenvalue weighted by Gasteiger charge is 2.21. The van der Waals surface area contributed by atoms with Crippen LogP contribution in [-0.4, -0.2) is 10.1 Å². The second-order valence-electron chi connectivity index (χ2n) is 4.48. The van der Waals surface area contributed by atoms with Crippen molar-refractivity contribution in [1.82, 2.24) is 10.1 Å². The second kappa shape index (κ2) is 5.23. The zero-order valence-corrected chi connectivity index (χ0v) is 12.3. The summed E-state index contributed by atoms with van der Waals surface area (Å²) in [6.45, 7) is 3.88. The summed E-state index contributed by atoms with van der Waals surface area (Å²) in [5.41, 5.74) is 5.26. The summed E-state index contributed by atoms with van der Waals surface area (Å²) in [5.74, 6) is 1.66. The van der Waals surface area contributed by atoms with E-state index in [0.717, 1.165) is 9.32 Å². The lowest BCUT2D eigenvalue weighted by molar-refractivity contribution is 0.242. The summed E-state index contributed by atoms with van der Waals surface area (Å²) in [5, 5.41) is 3.82. The van der Waals surface area contributed by atoms with E-state index in [1.807, 2.05) is 38.1 Å². The number of aromatic nitrogens is 2. The first-order valence-electron chi connectivity index (χ1n) is 5.45. The van der Waals surface area contributed by atoms with Crippen molar-refractivity contribution in [3.63, 3.8) is 0 Å². The lowest BCUT2D eigenvalue weighted by atomic mass is 10.1. The summed E-state index contributed by atoms with van der Waals surface area (Å²) in [6, 6.07) is 7.73. The van der Waals surface area contributed by atoms with E-state index >= 15 is 0 Å². The maximum absolute atomic E-state index is 5.87. The Labute approximate surface area is 119 Å². The minimum Gasteiger partial charge on any atom is -0.484 e. The molecule has 0 bridgehead atoms. The minimum atomic E-state index is -0.607. The molecule has 0 amide bonds. The third kappa shape index (κ3) is 3.42. The summed E-state index contributed by atoms with van der Waals surface area (Å²) >= 11 is 2.24. The number of rotatable bonds is 4. The predicted molar refractivity (Wildman–Crippen MR) is 75.0 cm³/mol. The van der Waals surface area contributed by atoms with Crippen LogP contribution in [0, 0.1) is 3.57 Å². The molecule has 0 atom stereocenters. The van der Waals surface area contributed by atoms with Gasteiger partial charge in [-0.2, -0.15) is 4.98 Å². The third-order valence-electron chi connectivity index (χ3n) is 2.22. The van der Waals surface area contributed by atoms with Gasteiger partial charge >= 0.3 is 0 Å². The van der Waals surface area contributed by atoms with E-state index in [0.29, 0.717) is 11.7 Å². The van der Waals surface area contributed by atoms with Gasteiger partial charge in [-0.25, -0.2) is 0 Å². The van der Waals surface area contributed by atoms with Crippen LogP contribution in [0.3, 0.4) is 0 Å². The molecule has 1 aromatic carbocycles. The van der Waals surface area contributed by atoms with Crippen molar-refractivity contribution in [2.75, 3.05) is 0 Å². The van der Waals surface area contributed by atoms with Crippen LogP contribution in [0.1, 0.15) is 25.6 Å². The molecule has 0 unspecified atom stereocenters. The van der Waals surface area contributed by atoms with E-state index < -0.39 is 5.54 Å². The quantitative estimate of drug-likeness (QED) is 0.849. The highest BCUT2D eigenvalue weighted by Crippen LogP contribution is 2.16. The van der Waals surface area contributed by atoms with Crippen molar-refractivity contribution in [2.24, 2.45) is 5.73 Å². The third-order valence-corrected chi connectivity index (χ3v) is 2.94. The van der Waals surface area contributed by atoms with Gasteiger partial charge in [-0.1, -0.05) is 5.16 Å². The van der Waals surface area contributed by atoms with E-state index in [4.69, 9.17) is 15.0 Å². The first-order valence-corrected chi connectivity index (χ1v) is 6.53. The molecule has 0 aliphatic rings. The average Bonchev–Trinajstić information content (AvgIpc) is 2.77. The lowest BCUT2D eigenvalue weighted by Crippen LogP contribution is -2.30. The maximum atomic E-state index is 5.87. The first kappa shape index (κ1) is 13.3. The van der Waals surface area contributed by atoms with E-state index in [9.17, 15) is 0 Å². The van der Waals surface area contributed by atoms with Crippen molar-refractivity contribution in [3.05, 3.63) is 39.6 Å². The molecule has 6 heteroatoms. The molecule has 5 nitrogen and oxygen atoms in total. The molecule has 2 aromatic rings. The molecular weight excluding hydrogens is 345 g/mol. The number of ether oxygens (including phenoxy) is 1. The van der Waals surface area contributed by atoms with Crippen LogP contribution < -0.4 is 10.5 Å². The molecule has 0 saturated heterocycles. The Morgan fingerprint density at radius 3 is 2.56 bits per heavy atom. The molecule has 18 heavy (non-hydrogen) atoms. The largest absolute Gasteiger partial charge is 0.484 e. The van der Waals surface area contributed by atoms with E-state index in [1.165, 1.54) is 0 Å². The van der Waals surface area contributed by atoms with Crippen molar-refractivity contribution in [1.29, 1.82) is 0 Å². The summed E-state index contributed by atoms with van der Waals surface area (Å²) in [7, 11) is 0. The van der Waals surface area contributed by atoms with Gasteiger partial charge in [0, 0.05) is 3.57 Å². The first-order chi connectivity index (χ1) is 8.45. The molecule has 0 radical (unpaired) electrons. The van der Waals surface area contributed by atoms with Crippen molar-refractivity contribution in [2.45, 2.75) is 26.0 Å². The minimum absolute atomic E-state index is 0.240. The van der Waals surface area contributed by atoms with Gasteiger partial charge in [-0.15, -0.1) is 0 Å². The number of hydrogen-bond donors (Lipinski definition) is 1. The van der Waals surface area contributed by atoms with Gasteiger partial charge in [0.15, 0.2) is 12.4 Å². The van der Waals surface area contributed by atoms with Gasteiger partial charge in [0.05, 0.1) is 5.54 Å². The van der Waals surface area contributed by atoms with Crippen molar-refractivity contribution in [3.8, 4) is 5.75 Å². The fourth-order valence-electron chi connectivity index (χ4n) is 1.25. The summed E-state index contributed by atoms with van der Waals surface area (Å²) < 4.78 is 11.8. The Balaban J connectivity index is 1.98. The van der Waals surface area contributed by atoms with E-state index in [1.54, 1.807) is 0 Å².